The normalized spacial score (nSPS) is 10.6. The number of hydrogen-bond acceptors (Lipinski definition) is 5. The largest absolute Gasteiger partial charge is 0.380 e. The maximum absolute atomic E-state index is 4.24. The van der Waals surface area contributed by atoms with Gasteiger partial charge in [-0.15, -0.1) is 11.3 Å². The predicted molar refractivity (Wildman–Crippen MR) is 75.5 cm³/mol. The van der Waals surface area contributed by atoms with Crippen LogP contribution in [0.2, 0.25) is 0 Å². The molecule has 0 saturated carbocycles. The molecule has 2 heterocycles. The van der Waals surface area contributed by atoms with Crippen LogP contribution in [0.5, 0.6) is 0 Å². The van der Waals surface area contributed by atoms with E-state index in [-0.39, 0.29) is 0 Å². The van der Waals surface area contributed by atoms with Crippen LogP contribution in [0.25, 0.3) is 5.69 Å². The van der Waals surface area contributed by atoms with E-state index in [1.165, 1.54) is 4.88 Å². The van der Waals surface area contributed by atoms with Crippen molar-refractivity contribution in [1.82, 2.24) is 20.0 Å². The van der Waals surface area contributed by atoms with Crippen LogP contribution in [-0.4, -0.2) is 20.0 Å². The molecule has 0 saturated heterocycles. The van der Waals surface area contributed by atoms with Gasteiger partial charge in [0.15, 0.2) is 0 Å². The molecule has 1 N–H and O–H groups in total. The fourth-order valence-electron chi connectivity index (χ4n) is 1.74. The van der Waals surface area contributed by atoms with Crippen LogP contribution < -0.4 is 5.32 Å². The molecule has 0 unspecified atom stereocenters. The van der Waals surface area contributed by atoms with Crippen LogP contribution in [0.1, 0.15) is 10.6 Å². The van der Waals surface area contributed by atoms with Crippen LogP contribution >= 0.6 is 11.3 Å². The minimum Gasteiger partial charge on any atom is -0.380 e. The van der Waals surface area contributed by atoms with Crippen molar-refractivity contribution in [3.05, 3.63) is 52.7 Å². The number of aromatic nitrogens is 4. The Kier molecular flexibility index (Phi) is 3.24. The zero-order valence-corrected chi connectivity index (χ0v) is 11.3. The molecule has 2 aromatic heterocycles. The molecule has 5 nitrogen and oxygen atoms in total. The number of hydrogen-bond donors (Lipinski definition) is 1. The van der Waals surface area contributed by atoms with Crippen molar-refractivity contribution in [2.75, 3.05) is 5.32 Å². The molecule has 0 fully saturated rings. The topological polar surface area (TPSA) is 55.6 Å². The standard InChI is InChI=1S/C13H13N5S/c1-10-13(19-9-15-10)8-14-11-2-4-12(5-3-11)18-16-6-7-17-18/h2-7,9,14H,8H2,1H3. The molecule has 0 amide bonds. The number of nitrogens with one attached hydrogen (secondary N) is 1. The Morgan fingerprint density at radius 1 is 1.16 bits per heavy atom. The minimum absolute atomic E-state index is 0.801. The third-order valence-corrected chi connectivity index (χ3v) is 3.75. The van der Waals surface area contributed by atoms with E-state index in [4.69, 9.17) is 0 Å². The molecule has 0 radical (unpaired) electrons. The smallest absolute Gasteiger partial charge is 0.0858 e. The molecule has 0 atom stereocenters. The first kappa shape index (κ1) is 11.9. The monoisotopic (exact) mass is 271 g/mol. The van der Waals surface area contributed by atoms with Gasteiger partial charge in [0.2, 0.25) is 0 Å². The Labute approximate surface area is 114 Å². The maximum atomic E-state index is 4.24. The van der Waals surface area contributed by atoms with E-state index in [9.17, 15) is 0 Å². The van der Waals surface area contributed by atoms with E-state index in [2.05, 4.69) is 20.5 Å². The Morgan fingerprint density at radius 2 is 1.89 bits per heavy atom. The van der Waals surface area contributed by atoms with Crippen LogP contribution in [0.4, 0.5) is 5.69 Å². The summed E-state index contributed by atoms with van der Waals surface area (Å²) in [5.41, 5.74) is 4.99. The van der Waals surface area contributed by atoms with Crippen molar-refractivity contribution in [3.63, 3.8) is 0 Å². The van der Waals surface area contributed by atoms with Crippen LogP contribution in [0.15, 0.2) is 42.2 Å². The number of nitrogens with zero attached hydrogens (tertiary/aromatic N) is 4. The fraction of sp³-hybridized carbons (Fsp3) is 0.154. The average Bonchev–Trinajstić information content (AvgIpc) is 3.09. The molecule has 19 heavy (non-hydrogen) atoms. The Balaban J connectivity index is 1.68. The molecule has 6 heteroatoms. The first-order valence-electron chi connectivity index (χ1n) is 5.92. The lowest BCUT2D eigenvalue weighted by Gasteiger charge is -2.06. The molecule has 0 spiro atoms. The summed E-state index contributed by atoms with van der Waals surface area (Å²) in [5.74, 6) is 0. The van der Waals surface area contributed by atoms with Gasteiger partial charge < -0.3 is 5.32 Å². The molecular formula is C13H13N5S. The number of anilines is 1. The first-order chi connectivity index (χ1) is 9.33. The van der Waals surface area contributed by atoms with Crippen molar-refractivity contribution < 1.29 is 0 Å². The lowest BCUT2D eigenvalue weighted by molar-refractivity contribution is 0.752. The van der Waals surface area contributed by atoms with Gasteiger partial charge in [0.05, 0.1) is 35.8 Å². The van der Waals surface area contributed by atoms with Gasteiger partial charge in [0.1, 0.15) is 0 Å². The zero-order valence-electron chi connectivity index (χ0n) is 10.4. The number of aryl methyl sites for hydroxylation is 1. The number of benzene rings is 1. The van der Waals surface area contributed by atoms with Crippen molar-refractivity contribution in [2.45, 2.75) is 13.5 Å². The summed E-state index contributed by atoms with van der Waals surface area (Å²) in [6.45, 7) is 2.83. The molecule has 3 aromatic rings. The van der Waals surface area contributed by atoms with E-state index < -0.39 is 0 Å². The van der Waals surface area contributed by atoms with Crippen molar-refractivity contribution in [3.8, 4) is 5.69 Å². The maximum Gasteiger partial charge on any atom is 0.0858 e. The highest BCUT2D eigenvalue weighted by atomic mass is 32.1. The molecule has 0 aliphatic rings. The lowest BCUT2D eigenvalue weighted by Crippen LogP contribution is -2.01. The first-order valence-corrected chi connectivity index (χ1v) is 6.80. The second-order valence-corrected chi connectivity index (χ2v) is 5.02. The van der Waals surface area contributed by atoms with Gasteiger partial charge >= 0.3 is 0 Å². The lowest BCUT2D eigenvalue weighted by atomic mass is 10.3. The third kappa shape index (κ3) is 2.63. The molecule has 0 bridgehead atoms. The number of rotatable bonds is 4. The molecule has 96 valence electrons. The van der Waals surface area contributed by atoms with Gasteiger partial charge in [-0.2, -0.15) is 15.0 Å². The highest BCUT2D eigenvalue weighted by molar-refractivity contribution is 7.09. The van der Waals surface area contributed by atoms with Gasteiger partial charge in [-0.05, 0) is 31.2 Å². The van der Waals surface area contributed by atoms with Gasteiger partial charge in [0, 0.05) is 10.6 Å². The summed E-state index contributed by atoms with van der Waals surface area (Å²) in [5, 5.41) is 11.6. The SMILES string of the molecule is Cc1ncsc1CNc1ccc(-n2nccn2)cc1. The van der Waals surface area contributed by atoms with E-state index in [0.29, 0.717) is 0 Å². The molecule has 0 aliphatic heterocycles. The van der Waals surface area contributed by atoms with Crippen molar-refractivity contribution >= 4 is 17.0 Å². The second-order valence-electron chi connectivity index (χ2n) is 4.08. The third-order valence-electron chi connectivity index (χ3n) is 2.81. The quantitative estimate of drug-likeness (QED) is 0.792. The van der Waals surface area contributed by atoms with Gasteiger partial charge in [-0.25, -0.2) is 4.98 Å². The highest BCUT2D eigenvalue weighted by Gasteiger charge is 2.02. The second kappa shape index (κ2) is 5.19. The van der Waals surface area contributed by atoms with Crippen LogP contribution in [0.3, 0.4) is 0 Å². The molecular weight excluding hydrogens is 258 g/mol. The van der Waals surface area contributed by atoms with Crippen molar-refractivity contribution in [1.29, 1.82) is 0 Å². The summed E-state index contributed by atoms with van der Waals surface area (Å²) in [6, 6.07) is 8.02. The van der Waals surface area contributed by atoms with Crippen LogP contribution in [0, 0.1) is 6.92 Å². The average molecular weight is 271 g/mol. The predicted octanol–water partition coefficient (Wildman–Crippen LogP) is 2.64. The van der Waals surface area contributed by atoms with Gasteiger partial charge in [-0.3, -0.25) is 0 Å². The van der Waals surface area contributed by atoms with E-state index in [0.717, 1.165) is 23.6 Å². The Morgan fingerprint density at radius 3 is 2.53 bits per heavy atom. The van der Waals surface area contributed by atoms with E-state index in [1.807, 2.05) is 36.7 Å². The Bertz CT molecular complexity index is 642. The fourth-order valence-corrected chi connectivity index (χ4v) is 2.46. The minimum atomic E-state index is 0.801. The highest BCUT2D eigenvalue weighted by Crippen LogP contribution is 2.16. The summed E-state index contributed by atoms with van der Waals surface area (Å²) < 4.78 is 0. The molecule has 1 aromatic carbocycles. The Hall–Kier alpha value is -2.21. The van der Waals surface area contributed by atoms with Gasteiger partial charge in [-0.1, -0.05) is 0 Å². The summed E-state index contributed by atoms with van der Waals surface area (Å²) in [6.07, 6.45) is 3.33. The number of thiazole rings is 1. The van der Waals surface area contributed by atoms with Crippen molar-refractivity contribution in [2.24, 2.45) is 0 Å². The van der Waals surface area contributed by atoms with Gasteiger partial charge in [0.25, 0.3) is 0 Å². The van der Waals surface area contributed by atoms with E-state index in [1.54, 1.807) is 28.5 Å². The summed E-state index contributed by atoms with van der Waals surface area (Å²) in [4.78, 5) is 7.09. The zero-order chi connectivity index (χ0) is 13.1. The molecule has 0 aliphatic carbocycles. The summed E-state index contributed by atoms with van der Waals surface area (Å²) in [7, 11) is 0. The molecule has 3 rings (SSSR count). The summed E-state index contributed by atoms with van der Waals surface area (Å²) >= 11 is 1.67. The van der Waals surface area contributed by atoms with Crippen LogP contribution in [-0.2, 0) is 6.54 Å². The van der Waals surface area contributed by atoms with E-state index >= 15 is 0 Å².